The first-order valence-corrected chi connectivity index (χ1v) is 7.11. The first kappa shape index (κ1) is 14.3. The molecule has 1 fully saturated rings. The number of likely N-dealkylation sites (N-methyl/N-ethyl adjacent to an activating group) is 1. The number of pyridine rings is 1. The highest BCUT2D eigenvalue weighted by molar-refractivity contribution is 5.41. The Hall–Kier alpha value is -1.13. The van der Waals surface area contributed by atoms with E-state index in [4.69, 9.17) is 0 Å². The van der Waals surface area contributed by atoms with Gasteiger partial charge in [0, 0.05) is 25.8 Å². The predicted octanol–water partition coefficient (Wildman–Crippen LogP) is 2.10. The first-order valence-electron chi connectivity index (χ1n) is 7.11. The number of nitrogens with one attached hydrogen (secondary N) is 1. The molecule has 0 bridgehead atoms. The Morgan fingerprint density at radius 2 is 2.16 bits per heavy atom. The minimum absolute atomic E-state index is 0.310. The second-order valence-electron chi connectivity index (χ2n) is 5.75. The van der Waals surface area contributed by atoms with Crippen LogP contribution < -0.4 is 10.2 Å². The highest BCUT2D eigenvalue weighted by Gasteiger charge is 2.32. The fourth-order valence-electron chi connectivity index (χ4n) is 2.79. The van der Waals surface area contributed by atoms with Gasteiger partial charge in [-0.05, 0) is 44.5 Å². The lowest BCUT2D eigenvalue weighted by molar-refractivity contribution is 0.0558. The van der Waals surface area contributed by atoms with E-state index >= 15 is 0 Å². The molecule has 1 saturated carbocycles. The average Bonchev–Trinajstić information content (AvgIpc) is 2.84. The van der Waals surface area contributed by atoms with Crippen LogP contribution in [0.5, 0.6) is 0 Å². The fraction of sp³-hybridized carbons (Fsp3) is 0.667. The maximum absolute atomic E-state index is 10.5. The van der Waals surface area contributed by atoms with Crippen LogP contribution in [0.3, 0.4) is 0 Å². The lowest BCUT2D eigenvalue weighted by Crippen LogP contribution is -2.39. The molecule has 1 unspecified atom stereocenters. The zero-order valence-electron chi connectivity index (χ0n) is 12.2. The Labute approximate surface area is 115 Å². The average molecular weight is 263 g/mol. The Balaban J connectivity index is 2.08. The van der Waals surface area contributed by atoms with Crippen LogP contribution in [0.25, 0.3) is 0 Å². The molecule has 0 saturated heterocycles. The third-order valence-corrected chi connectivity index (χ3v) is 4.16. The molecule has 0 amide bonds. The smallest absolute Gasteiger partial charge is 0.128 e. The summed E-state index contributed by atoms with van der Waals surface area (Å²) in [5.74, 6) is 0.930. The molecule has 0 aromatic carbocycles. The highest BCUT2D eigenvalue weighted by Crippen LogP contribution is 2.31. The molecule has 2 rings (SSSR count). The van der Waals surface area contributed by atoms with Crippen molar-refractivity contribution >= 4 is 5.82 Å². The van der Waals surface area contributed by atoms with Crippen LogP contribution in [-0.2, 0) is 0 Å². The molecule has 1 aromatic rings. The van der Waals surface area contributed by atoms with Gasteiger partial charge in [0.25, 0.3) is 0 Å². The first-order chi connectivity index (χ1) is 9.04. The van der Waals surface area contributed by atoms with Gasteiger partial charge in [0.05, 0.1) is 5.60 Å². The third kappa shape index (κ3) is 3.45. The maximum Gasteiger partial charge on any atom is 0.128 e. The summed E-state index contributed by atoms with van der Waals surface area (Å²) in [5.41, 5.74) is 0.693. The van der Waals surface area contributed by atoms with Gasteiger partial charge in [-0.2, -0.15) is 0 Å². The lowest BCUT2D eigenvalue weighted by Gasteiger charge is -2.29. The molecule has 4 heteroatoms. The molecular formula is C15H25N3O. The molecule has 1 aliphatic rings. The number of aliphatic hydroxyl groups is 1. The molecule has 2 N–H and O–H groups in total. The maximum atomic E-state index is 10.5. The van der Waals surface area contributed by atoms with E-state index in [0.717, 1.165) is 31.5 Å². The van der Waals surface area contributed by atoms with Gasteiger partial charge in [-0.25, -0.2) is 4.98 Å². The Morgan fingerprint density at radius 1 is 1.47 bits per heavy atom. The van der Waals surface area contributed by atoms with Gasteiger partial charge in [0.15, 0.2) is 0 Å². The molecule has 0 radical (unpaired) electrons. The van der Waals surface area contributed by atoms with Crippen LogP contribution in [-0.4, -0.2) is 36.3 Å². The summed E-state index contributed by atoms with van der Waals surface area (Å²) in [6, 6.07) is 4.44. The van der Waals surface area contributed by atoms with Gasteiger partial charge in [0.1, 0.15) is 5.82 Å². The second-order valence-corrected chi connectivity index (χ2v) is 5.75. The van der Waals surface area contributed by atoms with Crippen LogP contribution in [0.2, 0.25) is 0 Å². The summed E-state index contributed by atoms with van der Waals surface area (Å²) in [6.45, 7) is 2.79. The molecule has 19 heavy (non-hydrogen) atoms. The number of aromatic nitrogens is 1. The normalized spacial score (nSPS) is 19.4. The molecule has 1 aromatic heterocycles. The molecule has 1 aliphatic carbocycles. The SMILES string of the molecule is CNC(C)c1ccnc(N(C)CC2(O)CCCC2)c1. The number of rotatable bonds is 5. The summed E-state index contributed by atoms with van der Waals surface area (Å²) in [4.78, 5) is 6.48. The zero-order valence-corrected chi connectivity index (χ0v) is 12.2. The summed E-state index contributed by atoms with van der Waals surface area (Å²) in [6.07, 6.45) is 5.92. The van der Waals surface area contributed by atoms with Crippen molar-refractivity contribution in [3.8, 4) is 0 Å². The van der Waals surface area contributed by atoms with Crippen LogP contribution in [0, 0.1) is 0 Å². The molecule has 1 heterocycles. The van der Waals surface area contributed by atoms with E-state index < -0.39 is 5.60 Å². The standard InChI is InChI=1S/C15H25N3O/c1-12(16-2)13-6-9-17-14(10-13)18(3)11-15(19)7-4-5-8-15/h6,9-10,12,16,19H,4-5,7-8,11H2,1-3H3. The summed E-state index contributed by atoms with van der Waals surface area (Å²) < 4.78 is 0. The number of anilines is 1. The van der Waals surface area contributed by atoms with Crippen molar-refractivity contribution in [1.29, 1.82) is 0 Å². The van der Waals surface area contributed by atoms with Crippen molar-refractivity contribution in [3.63, 3.8) is 0 Å². The summed E-state index contributed by atoms with van der Waals surface area (Å²) in [5, 5.41) is 13.7. The van der Waals surface area contributed by atoms with Crippen molar-refractivity contribution in [3.05, 3.63) is 23.9 Å². The van der Waals surface area contributed by atoms with E-state index in [2.05, 4.69) is 28.2 Å². The number of hydrogen-bond acceptors (Lipinski definition) is 4. The summed E-state index contributed by atoms with van der Waals surface area (Å²) in [7, 11) is 3.96. The minimum atomic E-state index is -0.527. The van der Waals surface area contributed by atoms with E-state index in [0.29, 0.717) is 12.6 Å². The largest absolute Gasteiger partial charge is 0.388 e. The molecule has 0 aliphatic heterocycles. The van der Waals surface area contributed by atoms with Gasteiger partial charge in [-0.15, -0.1) is 0 Å². The molecular weight excluding hydrogens is 238 g/mol. The van der Waals surface area contributed by atoms with Crippen LogP contribution in [0.4, 0.5) is 5.82 Å². The molecule has 4 nitrogen and oxygen atoms in total. The van der Waals surface area contributed by atoms with Crippen LogP contribution in [0.1, 0.15) is 44.2 Å². The molecule has 1 atom stereocenters. The Bertz CT molecular complexity index is 416. The number of nitrogens with zero attached hydrogens (tertiary/aromatic N) is 2. The second kappa shape index (κ2) is 5.88. The van der Waals surface area contributed by atoms with Crippen LogP contribution >= 0.6 is 0 Å². The monoisotopic (exact) mass is 263 g/mol. The minimum Gasteiger partial charge on any atom is -0.388 e. The van der Waals surface area contributed by atoms with E-state index in [1.165, 1.54) is 5.56 Å². The quantitative estimate of drug-likeness (QED) is 0.854. The van der Waals surface area contributed by atoms with E-state index in [9.17, 15) is 5.11 Å². The summed E-state index contributed by atoms with van der Waals surface area (Å²) >= 11 is 0. The number of hydrogen-bond donors (Lipinski definition) is 2. The van der Waals surface area contributed by atoms with Crippen LogP contribution in [0.15, 0.2) is 18.3 Å². The van der Waals surface area contributed by atoms with Crippen molar-refractivity contribution in [2.75, 3.05) is 25.5 Å². The Kier molecular flexibility index (Phi) is 4.42. The van der Waals surface area contributed by atoms with Crippen molar-refractivity contribution in [2.24, 2.45) is 0 Å². The van der Waals surface area contributed by atoms with E-state index in [1.54, 1.807) is 0 Å². The van der Waals surface area contributed by atoms with Crippen molar-refractivity contribution < 1.29 is 5.11 Å². The van der Waals surface area contributed by atoms with Gasteiger partial charge in [-0.3, -0.25) is 0 Å². The van der Waals surface area contributed by atoms with Gasteiger partial charge in [-0.1, -0.05) is 12.8 Å². The fourth-order valence-corrected chi connectivity index (χ4v) is 2.79. The lowest BCUT2D eigenvalue weighted by atomic mass is 10.0. The van der Waals surface area contributed by atoms with E-state index in [-0.39, 0.29) is 0 Å². The van der Waals surface area contributed by atoms with Gasteiger partial charge >= 0.3 is 0 Å². The predicted molar refractivity (Wildman–Crippen MR) is 78.4 cm³/mol. The highest BCUT2D eigenvalue weighted by atomic mass is 16.3. The third-order valence-electron chi connectivity index (χ3n) is 4.16. The van der Waals surface area contributed by atoms with Gasteiger partial charge < -0.3 is 15.3 Å². The Morgan fingerprint density at radius 3 is 2.79 bits per heavy atom. The van der Waals surface area contributed by atoms with Crippen molar-refractivity contribution in [1.82, 2.24) is 10.3 Å². The van der Waals surface area contributed by atoms with Gasteiger partial charge in [0.2, 0.25) is 0 Å². The molecule has 0 spiro atoms. The molecule has 106 valence electrons. The topological polar surface area (TPSA) is 48.4 Å². The van der Waals surface area contributed by atoms with E-state index in [1.807, 2.05) is 26.4 Å². The van der Waals surface area contributed by atoms with Crippen molar-refractivity contribution in [2.45, 2.75) is 44.2 Å². The zero-order chi connectivity index (χ0) is 13.9.